The van der Waals surface area contributed by atoms with Gasteiger partial charge in [0.2, 0.25) is 5.95 Å². The zero-order valence-corrected chi connectivity index (χ0v) is 18.9. The third-order valence-corrected chi connectivity index (χ3v) is 5.67. The summed E-state index contributed by atoms with van der Waals surface area (Å²) in [5, 5.41) is 9.18. The molecule has 0 saturated carbocycles. The van der Waals surface area contributed by atoms with Crippen molar-refractivity contribution < 1.29 is 9.53 Å². The Labute approximate surface area is 194 Å². The molecule has 0 spiro atoms. The number of benzene rings is 2. The van der Waals surface area contributed by atoms with Crippen molar-refractivity contribution in [2.45, 2.75) is 26.4 Å². The van der Waals surface area contributed by atoms with Gasteiger partial charge >= 0.3 is 0 Å². The summed E-state index contributed by atoms with van der Waals surface area (Å²) in [7, 11) is 0. The summed E-state index contributed by atoms with van der Waals surface area (Å²) in [6, 6.07) is 19.2. The van der Waals surface area contributed by atoms with Crippen molar-refractivity contribution in [1.29, 1.82) is 5.26 Å². The number of rotatable bonds is 6. The number of anilines is 1. The van der Waals surface area contributed by atoms with E-state index in [1.807, 2.05) is 61.2 Å². The van der Waals surface area contributed by atoms with Crippen LogP contribution in [0.3, 0.4) is 0 Å². The Morgan fingerprint density at radius 3 is 2.45 bits per heavy atom. The molecule has 1 aliphatic heterocycles. The van der Waals surface area contributed by atoms with Crippen molar-refractivity contribution in [1.82, 2.24) is 14.9 Å². The molecule has 0 N–H and O–H groups in total. The maximum atomic E-state index is 13.8. The van der Waals surface area contributed by atoms with E-state index in [4.69, 9.17) is 9.72 Å². The molecule has 1 saturated heterocycles. The number of morpholine rings is 1. The minimum absolute atomic E-state index is 0.00885. The SMILES string of the molecule is CC(C)N(Cc1ccccc1)C(=O)c1cnc(N2CCOCC2)nc1-c1ccc(C#N)cc1. The number of nitriles is 1. The molecule has 2 aromatic carbocycles. The minimum atomic E-state index is -0.123. The van der Waals surface area contributed by atoms with E-state index in [1.165, 1.54) is 0 Å². The number of hydrogen-bond acceptors (Lipinski definition) is 6. The van der Waals surface area contributed by atoms with Gasteiger partial charge in [0.1, 0.15) is 0 Å². The van der Waals surface area contributed by atoms with Crippen LogP contribution in [0.1, 0.15) is 35.3 Å². The van der Waals surface area contributed by atoms with Crippen LogP contribution in [0.2, 0.25) is 0 Å². The van der Waals surface area contributed by atoms with Crippen LogP contribution in [0.15, 0.2) is 60.8 Å². The van der Waals surface area contributed by atoms with Crippen LogP contribution >= 0.6 is 0 Å². The number of aromatic nitrogens is 2. The molecule has 0 aliphatic carbocycles. The predicted molar refractivity (Wildman–Crippen MR) is 127 cm³/mol. The first-order valence-electron chi connectivity index (χ1n) is 11.1. The molecule has 0 atom stereocenters. The zero-order valence-electron chi connectivity index (χ0n) is 18.9. The van der Waals surface area contributed by atoms with Crippen molar-refractivity contribution in [3.8, 4) is 17.3 Å². The number of carbonyl (C=O) groups excluding carboxylic acids is 1. The van der Waals surface area contributed by atoms with Gasteiger partial charge in [0, 0.05) is 37.4 Å². The maximum absolute atomic E-state index is 13.8. The molecular formula is C26H27N5O2. The average Bonchev–Trinajstić information content (AvgIpc) is 2.87. The fraction of sp³-hybridized carbons (Fsp3) is 0.308. The molecule has 0 radical (unpaired) electrons. The van der Waals surface area contributed by atoms with Gasteiger partial charge in [-0.15, -0.1) is 0 Å². The Morgan fingerprint density at radius 1 is 1.12 bits per heavy atom. The Bertz CT molecular complexity index is 1130. The molecule has 0 unspecified atom stereocenters. The molecule has 1 aromatic heterocycles. The second-order valence-electron chi connectivity index (χ2n) is 8.23. The fourth-order valence-electron chi connectivity index (χ4n) is 3.79. The lowest BCUT2D eigenvalue weighted by Crippen LogP contribution is -2.38. The zero-order chi connectivity index (χ0) is 23.2. The highest BCUT2D eigenvalue weighted by Crippen LogP contribution is 2.26. The summed E-state index contributed by atoms with van der Waals surface area (Å²) in [6.45, 7) is 7.15. The lowest BCUT2D eigenvalue weighted by Gasteiger charge is -2.29. The molecule has 7 nitrogen and oxygen atoms in total. The monoisotopic (exact) mass is 441 g/mol. The molecule has 0 bridgehead atoms. The van der Waals surface area contributed by atoms with Crippen molar-refractivity contribution >= 4 is 11.9 Å². The maximum Gasteiger partial charge on any atom is 0.258 e. The normalized spacial score (nSPS) is 13.6. The van der Waals surface area contributed by atoms with Gasteiger partial charge < -0.3 is 14.5 Å². The highest BCUT2D eigenvalue weighted by molar-refractivity contribution is 6.00. The molecule has 1 fully saturated rings. The van der Waals surface area contributed by atoms with E-state index in [0.717, 1.165) is 11.1 Å². The van der Waals surface area contributed by atoms with E-state index in [2.05, 4.69) is 16.0 Å². The Hall–Kier alpha value is -3.76. The number of amides is 1. The standard InChI is InChI=1S/C26H27N5O2/c1-19(2)31(18-21-6-4-3-5-7-21)25(32)23-17-28-26(30-12-14-33-15-13-30)29-24(23)22-10-8-20(16-27)9-11-22/h3-11,17,19H,12-15,18H2,1-2H3. The van der Waals surface area contributed by atoms with Crippen LogP contribution in [0.4, 0.5) is 5.95 Å². The molecule has 168 valence electrons. The van der Waals surface area contributed by atoms with Crippen molar-refractivity contribution in [3.05, 3.63) is 77.5 Å². The average molecular weight is 442 g/mol. The summed E-state index contributed by atoms with van der Waals surface area (Å²) in [5.74, 6) is 0.454. The van der Waals surface area contributed by atoms with Crippen LogP contribution in [-0.2, 0) is 11.3 Å². The van der Waals surface area contributed by atoms with Gasteiger partial charge in [-0.25, -0.2) is 9.97 Å². The topological polar surface area (TPSA) is 82.3 Å². The Kier molecular flexibility index (Phi) is 6.96. The van der Waals surface area contributed by atoms with Crippen LogP contribution in [0.25, 0.3) is 11.3 Å². The highest BCUT2D eigenvalue weighted by Gasteiger charge is 2.25. The van der Waals surface area contributed by atoms with Gasteiger partial charge in [-0.2, -0.15) is 5.26 Å². The summed E-state index contributed by atoms with van der Waals surface area (Å²) in [4.78, 5) is 27.0. The molecule has 2 heterocycles. The van der Waals surface area contributed by atoms with Crippen molar-refractivity contribution in [2.24, 2.45) is 0 Å². The van der Waals surface area contributed by atoms with E-state index < -0.39 is 0 Å². The van der Waals surface area contributed by atoms with Crippen LogP contribution in [-0.4, -0.2) is 53.1 Å². The quantitative estimate of drug-likeness (QED) is 0.577. The summed E-state index contributed by atoms with van der Waals surface area (Å²) < 4.78 is 5.45. The van der Waals surface area contributed by atoms with Gasteiger partial charge in [-0.3, -0.25) is 4.79 Å². The van der Waals surface area contributed by atoms with E-state index in [0.29, 0.717) is 55.6 Å². The lowest BCUT2D eigenvalue weighted by molar-refractivity contribution is 0.0690. The van der Waals surface area contributed by atoms with Gasteiger partial charge in [-0.1, -0.05) is 42.5 Å². The van der Waals surface area contributed by atoms with Crippen LogP contribution in [0.5, 0.6) is 0 Å². The van der Waals surface area contributed by atoms with E-state index >= 15 is 0 Å². The molecule has 3 aromatic rings. The van der Waals surface area contributed by atoms with Crippen LogP contribution in [0, 0.1) is 11.3 Å². The third kappa shape index (κ3) is 5.18. The first-order chi connectivity index (χ1) is 16.1. The molecule has 1 amide bonds. The first-order valence-corrected chi connectivity index (χ1v) is 11.1. The van der Waals surface area contributed by atoms with E-state index in [9.17, 15) is 10.1 Å². The number of nitrogens with zero attached hydrogens (tertiary/aromatic N) is 5. The summed E-state index contributed by atoms with van der Waals surface area (Å²) in [6.07, 6.45) is 1.63. The molecule has 1 aliphatic rings. The second-order valence-corrected chi connectivity index (χ2v) is 8.23. The second kappa shape index (κ2) is 10.2. The first kappa shape index (κ1) is 22.4. The van der Waals surface area contributed by atoms with Crippen molar-refractivity contribution in [2.75, 3.05) is 31.2 Å². The number of ether oxygens (including phenoxy) is 1. The van der Waals surface area contributed by atoms with Gasteiger partial charge in [0.15, 0.2) is 0 Å². The van der Waals surface area contributed by atoms with Gasteiger partial charge in [-0.05, 0) is 31.5 Å². The molecule has 4 rings (SSSR count). The third-order valence-electron chi connectivity index (χ3n) is 5.67. The molecule has 7 heteroatoms. The highest BCUT2D eigenvalue weighted by atomic mass is 16.5. The van der Waals surface area contributed by atoms with Crippen LogP contribution < -0.4 is 4.90 Å². The Balaban J connectivity index is 1.74. The van der Waals surface area contributed by atoms with E-state index in [1.54, 1.807) is 18.3 Å². The Morgan fingerprint density at radius 2 is 1.82 bits per heavy atom. The summed E-state index contributed by atoms with van der Waals surface area (Å²) in [5.41, 5.74) is 3.41. The predicted octanol–water partition coefficient (Wildman–Crippen LogP) is 3.90. The number of carbonyl (C=O) groups is 1. The largest absolute Gasteiger partial charge is 0.378 e. The summed E-state index contributed by atoms with van der Waals surface area (Å²) >= 11 is 0. The van der Waals surface area contributed by atoms with E-state index in [-0.39, 0.29) is 11.9 Å². The number of hydrogen-bond donors (Lipinski definition) is 0. The molecule has 33 heavy (non-hydrogen) atoms. The smallest absolute Gasteiger partial charge is 0.258 e. The fourth-order valence-corrected chi connectivity index (χ4v) is 3.79. The van der Waals surface area contributed by atoms with Crippen molar-refractivity contribution in [3.63, 3.8) is 0 Å². The molecular weight excluding hydrogens is 414 g/mol. The van der Waals surface area contributed by atoms with Gasteiger partial charge in [0.25, 0.3) is 5.91 Å². The lowest BCUT2D eigenvalue weighted by atomic mass is 10.0. The van der Waals surface area contributed by atoms with Gasteiger partial charge in [0.05, 0.1) is 36.1 Å². The minimum Gasteiger partial charge on any atom is -0.378 e.